The van der Waals surface area contributed by atoms with E-state index >= 15 is 0 Å². The summed E-state index contributed by atoms with van der Waals surface area (Å²) in [6, 6.07) is 0. The van der Waals surface area contributed by atoms with Gasteiger partial charge in [0.05, 0.1) is 19.9 Å². The van der Waals surface area contributed by atoms with E-state index in [1.807, 2.05) is 0 Å². The van der Waals surface area contributed by atoms with Crippen LogP contribution in [0.5, 0.6) is 11.6 Å². The maximum atomic E-state index is 12.7. The summed E-state index contributed by atoms with van der Waals surface area (Å²) < 4.78 is 81.9. The Labute approximate surface area is 102 Å². The van der Waals surface area contributed by atoms with Crippen molar-refractivity contribution in [3.8, 4) is 11.6 Å². The van der Waals surface area contributed by atoms with Crippen LogP contribution in [0.15, 0.2) is 6.20 Å². The fourth-order valence-electron chi connectivity index (χ4n) is 1.32. The minimum absolute atomic E-state index is 0.496. The molecule has 0 radical (unpaired) electrons. The molecule has 0 amide bonds. The zero-order valence-corrected chi connectivity index (χ0v) is 9.26. The molecule has 4 nitrogen and oxygen atoms in total. The highest BCUT2D eigenvalue weighted by Crippen LogP contribution is 2.42. The van der Waals surface area contributed by atoms with Crippen LogP contribution in [0.4, 0.5) is 26.3 Å². The van der Waals surface area contributed by atoms with E-state index in [0.717, 1.165) is 7.11 Å². The zero-order chi connectivity index (χ0) is 14.8. The maximum absolute atomic E-state index is 12.7. The molecule has 0 spiro atoms. The SMILES string of the molecule is COc1cnc(OC(F)(F)F)c(C(F)(F)F)c1CO. The number of alkyl halides is 6. The van der Waals surface area contributed by atoms with Crippen LogP contribution in [0.2, 0.25) is 0 Å². The first-order valence-electron chi connectivity index (χ1n) is 4.59. The van der Waals surface area contributed by atoms with Crippen molar-refractivity contribution in [2.24, 2.45) is 0 Å². The third-order valence-corrected chi connectivity index (χ3v) is 1.99. The minimum Gasteiger partial charge on any atom is -0.495 e. The molecule has 0 unspecified atom stereocenters. The lowest BCUT2D eigenvalue weighted by Crippen LogP contribution is -2.22. The number of halogens is 6. The molecule has 19 heavy (non-hydrogen) atoms. The molecule has 10 heteroatoms. The van der Waals surface area contributed by atoms with E-state index < -0.39 is 41.9 Å². The molecule has 0 aliphatic rings. The van der Waals surface area contributed by atoms with Gasteiger partial charge < -0.3 is 14.6 Å². The minimum atomic E-state index is -5.34. The van der Waals surface area contributed by atoms with E-state index in [-0.39, 0.29) is 0 Å². The normalized spacial score (nSPS) is 12.4. The number of methoxy groups -OCH3 is 1. The molecule has 1 rings (SSSR count). The average Bonchev–Trinajstić information content (AvgIpc) is 2.24. The Morgan fingerprint density at radius 2 is 1.79 bits per heavy atom. The van der Waals surface area contributed by atoms with Crippen molar-refractivity contribution >= 4 is 0 Å². The van der Waals surface area contributed by atoms with Crippen molar-refractivity contribution in [2.75, 3.05) is 7.11 Å². The van der Waals surface area contributed by atoms with Crippen molar-refractivity contribution < 1.29 is 40.9 Å². The van der Waals surface area contributed by atoms with E-state index in [4.69, 9.17) is 5.11 Å². The Morgan fingerprint density at radius 1 is 1.21 bits per heavy atom. The number of hydrogen-bond acceptors (Lipinski definition) is 4. The number of nitrogens with zero attached hydrogens (tertiary/aromatic N) is 1. The highest BCUT2D eigenvalue weighted by Gasteiger charge is 2.43. The van der Waals surface area contributed by atoms with Crippen molar-refractivity contribution in [1.29, 1.82) is 0 Å². The summed E-state index contributed by atoms with van der Waals surface area (Å²) in [5.41, 5.74) is -2.71. The van der Waals surface area contributed by atoms with E-state index in [1.54, 1.807) is 0 Å². The lowest BCUT2D eigenvalue weighted by Gasteiger charge is -2.18. The van der Waals surface area contributed by atoms with Gasteiger partial charge in [-0.2, -0.15) is 13.2 Å². The molecule has 1 heterocycles. The lowest BCUT2D eigenvalue weighted by molar-refractivity contribution is -0.278. The van der Waals surface area contributed by atoms with Gasteiger partial charge in [-0.1, -0.05) is 0 Å². The van der Waals surface area contributed by atoms with Gasteiger partial charge in [0.25, 0.3) is 0 Å². The third kappa shape index (κ3) is 3.63. The second-order valence-electron chi connectivity index (χ2n) is 3.19. The van der Waals surface area contributed by atoms with E-state index in [9.17, 15) is 26.3 Å². The van der Waals surface area contributed by atoms with Crippen LogP contribution < -0.4 is 9.47 Å². The number of hydrogen-bond donors (Lipinski definition) is 1. The molecule has 0 bridgehead atoms. The molecule has 1 N–H and O–H groups in total. The summed E-state index contributed by atoms with van der Waals surface area (Å²) in [6.45, 7) is -1.19. The van der Waals surface area contributed by atoms with Gasteiger partial charge in [-0.3, -0.25) is 0 Å². The summed E-state index contributed by atoms with van der Waals surface area (Å²) in [5, 5.41) is 8.87. The Kier molecular flexibility index (Phi) is 4.13. The molecule has 1 aromatic heterocycles. The summed E-state index contributed by atoms with van der Waals surface area (Å²) in [4.78, 5) is 2.91. The van der Waals surface area contributed by atoms with Crippen LogP contribution in [0.3, 0.4) is 0 Å². The molecule has 0 saturated heterocycles. The number of aliphatic hydroxyl groups is 1. The first-order valence-corrected chi connectivity index (χ1v) is 4.59. The van der Waals surface area contributed by atoms with E-state index in [1.165, 1.54) is 0 Å². The van der Waals surface area contributed by atoms with Gasteiger partial charge in [0.1, 0.15) is 11.3 Å². The van der Waals surface area contributed by atoms with Crippen LogP contribution in [0, 0.1) is 0 Å². The Hall–Kier alpha value is -1.71. The van der Waals surface area contributed by atoms with Crippen LogP contribution in [-0.2, 0) is 12.8 Å². The Morgan fingerprint density at radius 3 is 2.16 bits per heavy atom. The van der Waals surface area contributed by atoms with Crippen LogP contribution in [-0.4, -0.2) is 23.6 Å². The molecule has 1 aromatic rings. The highest BCUT2D eigenvalue weighted by atomic mass is 19.4. The molecular weight excluding hydrogens is 284 g/mol. The monoisotopic (exact) mass is 291 g/mol. The van der Waals surface area contributed by atoms with Gasteiger partial charge in [-0.05, 0) is 0 Å². The molecule has 0 aliphatic carbocycles. The summed E-state index contributed by atoms with van der Waals surface area (Å²) in [6.07, 6.45) is -9.93. The number of aromatic nitrogens is 1. The van der Waals surface area contributed by atoms with Crippen molar-refractivity contribution in [3.05, 3.63) is 17.3 Å². The second-order valence-corrected chi connectivity index (χ2v) is 3.19. The molecule has 0 aromatic carbocycles. The number of rotatable bonds is 3. The third-order valence-electron chi connectivity index (χ3n) is 1.99. The fraction of sp³-hybridized carbons (Fsp3) is 0.444. The van der Waals surface area contributed by atoms with Crippen LogP contribution in [0.25, 0.3) is 0 Å². The van der Waals surface area contributed by atoms with Gasteiger partial charge in [0, 0.05) is 5.56 Å². The standard InChI is InChI=1S/C9H7F6NO3/c1-18-5-2-16-7(19-9(13,14)15)6(4(5)3-17)8(10,11)12/h2,17H,3H2,1H3. The van der Waals surface area contributed by atoms with Crippen molar-refractivity contribution in [3.63, 3.8) is 0 Å². The maximum Gasteiger partial charge on any atom is 0.574 e. The predicted octanol–water partition coefficient (Wildman–Crippen LogP) is 2.50. The van der Waals surface area contributed by atoms with Gasteiger partial charge in [-0.15, -0.1) is 13.2 Å². The molecule has 0 fully saturated rings. The topological polar surface area (TPSA) is 51.6 Å². The fourth-order valence-corrected chi connectivity index (χ4v) is 1.32. The van der Waals surface area contributed by atoms with Gasteiger partial charge in [-0.25, -0.2) is 4.98 Å². The van der Waals surface area contributed by atoms with Crippen molar-refractivity contribution in [2.45, 2.75) is 19.1 Å². The van der Waals surface area contributed by atoms with Crippen LogP contribution >= 0.6 is 0 Å². The predicted molar refractivity (Wildman–Crippen MR) is 48.4 cm³/mol. The molecule has 0 aliphatic heterocycles. The van der Waals surface area contributed by atoms with Gasteiger partial charge in [0.15, 0.2) is 0 Å². The molecular formula is C9H7F6NO3. The van der Waals surface area contributed by atoms with Crippen LogP contribution in [0.1, 0.15) is 11.1 Å². The lowest BCUT2D eigenvalue weighted by atomic mass is 10.1. The quantitative estimate of drug-likeness (QED) is 0.869. The summed E-state index contributed by atoms with van der Waals surface area (Å²) in [7, 11) is 0.987. The van der Waals surface area contributed by atoms with Crippen molar-refractivity contribution in [1.82, 2.24) is 4.98 Å². The number of ether oxygens (including phenoxy) is 2. The largest absolute Gasteiger partial charge is 0.574 e. The average molecular weight is 291 g/mol. The Bertz CT molecular complexity index is 456. The molecule has 108 valence electrons. The highest BCUT2D eigenvalue weighted by molar-refractivity contribution is 5.45. The Balaban J connectivity index is 3.48. The van der Waals surface area contributed by atoms with E-state index in [2.05, 4.69) is 14.5 Å². The molecule has 0 atom stereocenters. The first-order chi connectivity index (χ1) is 8.60. The number of aliphatic hydroxyl groups excluding tert-OH is 1. The van der Waals surface area contributed by atoms with Gasteiger partial charge in [0.2, 0.25) is 5.88 Å². The van der Waals surface area contributed by atoms with E-state index in [0.29, 0.717) is 6.20 Å². The smallest absolute Gasteiger partial charge is 0.495 e. The summed E-state index contributed by atoms with van der Waals surface area (Å²) >= 11 is 0. The summed E-state index contributed by atoms with van der Waals surface area (Å²) in [5.74, 6) is -2.19. The zero-order valence-electron chi connectivity index (χ0n) is 9.26. The first kappa shape index (κ1) is 15.3. The number of pyridine rings is 1. The van der Waals surface area contributed by atoms with Gasteiger partial charge >= 0.3 is 12.5 Å². The molecule has 0 saturated carbocycles. The second kappa shape index (κ2) is 5.11.